The van der Waals surface area contributed by atoms with Crippen LogP contribution in [0.25, 0.3) is 0 Å². The fraction of sp³-hybridized carbons (Fsp3) is 0.524. The van der Waals surface area contributed by atoms with Gasteiger partial charge >= 0.3 is 0 Å². The molecule has 0 amide bonds. The Kier molecular flexibility index (Phi) is 8.72. The summed E-state index contributed by atoms with van der Waals surface area (Å²) in [6.45, 7) is 4.18. The first-order chi connectivity index (χ1) is 13.1. The van der Waals surface area contributed by atoms with Crippen LogP contribution in [-0.4, -0.2) is 28.8 Å². The molecule has 0 unspecified atom stereocenters. The Morgan fingerprint density at radius 2 is 2.00 bits per heavy atom. The zero-order valence-corrected chi connectivity index (χ0v) is 19.1. The van der Waals surface area contributed by atoms with E-state index in [1.165, 1.54) is 25.3 Å². The van der Waals surface area contributed by atoms with E-state index in [0.717, 1.165) is 43.1 Å². The van der Waals surface area contributed by atoms with Crippen molar-refractivity contribution in [1.82, 2.24) is 20.4 Å². The van der Waals surface area contributed by atoms with Crippen molar-refractivity contribution in [3.05, 3.63) is 53.6 Å². The quantitative estimate of drug-likeness (QED) is 0.357. The lowest BCUT2D eigenvalue weighted by Gasteiger charge is -2.38. The lowest BCUT2D eigenvalue weighted by molar-refractivity contribution is 0.290. The molecule has 1 aromatic heterocycles. The van der Waals surface area contributed by atoms with Crippen LogP contribution < -0.4 is 10.6 Å². The fourth-order valence-corrected chi connectivity index (χ4v) is 3.93. The van der Waals surface area contributed by atoms with Gasteiger partial charge in [-0.05, 0) is 43.5 Å². The molecule has 3 rings (SSSR count). The number of aryl methyl sites for hydroxylation is 1. The van der Waals surface area contributed by atoms with Crippen molar-refractivity contribution >= 4 is 29.9 Å². The molecule has 0 radical (unpaired) electrons. The number of rotatable bonds is 6. The summed E-state index contributed by atoms with van der Waals surface area (Å²) in [6, 6.07) is 9.08. The Morgan fingerprint density at radius 3 is 2.64 bits per heavy atom. The van der Waals surface area contributed by atoms with Crippen molar-refractivity contribution in [2.75, 3.05) is 13.1 Å². The molecule has 1 heterocycles. The van der Waals surface area contributed by atoms with Gasteiger partial charge in [0.1, 0.15) is 5.82 Å². The number of aromatic nitrogens is 2. The van der Waals surface area contributed by atoms with Crippen LogP contribution in [0.3, 0.4) is 0 Å². The molecule has 2 N–H and O–H groups in total. The summed E-state index contributed by atoms with van der Waals surface area (Å²) < 4.78 is 15.7. The molecule has 154 valence electrons. The molecule has 1 aliphatic rings. The van der Waals surface area contributed by atoms with E-state index in [1.807, 2.05) is 23.9 Å². The van der Waals surface area contributed by atoms with E-state index in [1.54, 1.807) is 12.3 Å². The second kappa shape index (κ2) is 10.8. The summed E-state index contributed by atoms with van der Waals surface area (Å²) in [5.74, 6) is 0.634. The van der Waals surface area contributed by atoms with E-state index in [2.05, 4.69) is 28.7 Å². The largest absolute Gasteiger partial charge is 0.357 e. The Hall–Kier alpha value is -1.64. The van der Waals surface area contributed by atoms with Gasteiger partial charge in [0.2, 0.25) is 0 Å². The molecule has 2 aromatic rings. The number of nitrogens with one attached hydrogen (secondary N) is 2. The highest BCUT2D eigenvalue weighted by Crippen LogP contribution is 2.39. The summed E-state index contributed by atoms with van der Waals surface area (Å²) in [5, 5.41) is 11.0. The van der Waals surface area contributed by atoms with Gasteiger partial charge in [-0.2, -0.15) is 5.10 Å². The predicted octanol–water partition coefficient (Wildman–Crippen LogP) is 4.13. The number of benzene rings is 1. The zero-order chi connectivity index (χ0) is 19.1. The number of aliphatic imine (C=N–C) groups is 1. The van der Waals surface area contributed by atoms with Gasteiger partial charge in [0.05, 0.1) is 12.2 Å². The van der Waals surface area contributed by atoms with E-state index in [9.17, 15) is 4.39 Å². The Bertz CT molecular complexity index is 768. The second-order valence-corrected chi connectivity index (χ2v) is 7.35. The maximum Gasteiger partial charge on any atom is 0.191 e. The monoisotopic (exact) mass is 499 g/mol. The van der Waals surface area contributed by atoms with E-state index < -0.39 is 0 Å². The van der Waals surface area contributed by atoms with Gasteiger partial charge in [0, 0.05) is 31.7 Å². The summed E-state index contributed by atoms with van der Waals surface area (Å²) in [5.41, 5.74) is 2.12. The van der Waals surface area contributed by atoms with Crippen LogP contribution in [0.2, 0.25) is 0 Å². The van der Waals surface area contributed by atoms with Gasteiger partial charge in [-0.3, -0.25) is 4.68 Å². The summed E-state index contributed by atoms with van der Waals surface area (Å²) >= 11 is 0. The molecule has 5 nitrogen and oxygen atoms in total. The average molecular weight is 499 g/mol. The highest BCUT2D eigenvalue weighted by atomic mass is 127. The van der Waals surface area contributed by atoms with Crippen LogP contribution in [0.1, 0.15) is 50.3 Å². The number of halogens is 2. The van der Waals surface area contributed by atoms with Crippen LogP contribution in [0.4, 0.5) is 4.39 Å². The van der Waals surface area contributed by atoms with E-state index >= 15 is 0 Å². The first-order valence-corrected chi connectivity index (χ1v) is 9.88. The van der Waals surface area contributed by atoms with E-state index in [0.29, 0.717) is 6.54 Å². The standard InChI is InChI=1S/C21H30FN5.HI/c1-3-23-20(24-15-19-10-13-26-27(19)2)25-16-21(11-5-4-6-12-21)17-8-7-9-18(22)14-17;/h7-10,13-14H,3-6,11-12,15-16H2,1-2H3,(H2,23,24,25);1H. The third kappa shape index (κ3) is 5.68. The number of nitrogens with zero attached hydrogens (tertiary/aromatic N) is 3. The minimum absolute atomic E-state index is 0. The van der Waals surface area contributed by atoms with Gasteiger partial charge in [0.15, 0.2) is 5.96 Å². The van der Waals surface area contributed by atoms with Crippen molar-refractivity contribution in [1.29, 1.82) is 0 Å². The molecule has 28 heavy (non-hydrogen) atoms. The van der Waals surface area contributed by atoms with Gasteiger partial charge < -0.3 is 10.6 Å². The minimum atomic E-state index is -0.158. The first kappa shape index (κ1) is 22.6. The average Bonchev–Trinajstić information content (AvgIpc) is 3.09. The molecular formula is C21H31FIN5. The Balaban J connectivity index is 0.00000280. The third-order valence-corrected chi connectivity index (χ3v) is 5.51. The second-order valence-electron chi connectivity index (χ2n) is 7.35. The van der Waals surface area contributed by atoms with Gasteiger partial charge in [-0.25, -0.2) is 9.38 Å². The van der Waals surface area contributed by atoms with E-state index in [-0.39, 0.29) is 35.2 Å². The Morgan fingerprint density at radius 1 is 1.21 bits per heavy atom. The molecule has 0 spiro atoms. The van der Waals surface area contributed by atoms with Crippen molar-refractivity contribution in [3.8, 4) is 0 Å². The summed E-state index contributed by atoms with van der Waals surface area (Å²) in [6.07, 6.45) is 7.55. The van der Waals surface area contributed by atoms with Crippen molar-refractivity contribution < 1.29 is 4.39 Å². The number of guanidine groups is 1. The molecule has 0 saturated heterocycles. The SMILES string of the molecule is CCNC(=NCc1ccnn1C)NCC1(c2cccc(F)c2)CCCCC1.I. The van der Waals surface area contributed by atoms with Gasteiger partial charge in [-0.15, -0.1) is 24.0 Å². The normalized spacial score (nSPS) is 16.3. The van der Waals surface area contributed by atoms with Crippen molar-refractivity contribution in [2.45, 2.75) is 51.0 Å². The lowest BCUT2D eigenvalue weighted by Crippen LogP contribution is -2.46. The van der Waals surface area contributed by atoms with Crippen LogP contribution in [-0.2, 0) is 19.0 Å². The minimum Gasteiger partial charge on any atom is -0.357 e. The van der Waals surface area contributed by atoms with Crippen LogP contribution in [0.5, 0.6) is 0 Å². The molecule has 1 aromatic carbocycles. The smallest absolute Gasteiger partial charge is 0.191 e. The molecule has 1 aliphatic carbocycles. The van der Waals surface area contributed by atoms with Crippen LogP contribution in [0, 0.1) is 5.82 Å². The maximum atomic E-state index is 13.9. The molecule has 0 atom stereocenters. The summed E-state index contributed by atoms with van der Waals surface area (Å²) in [7, 11) is 1.92. The molecular weight excluding hydrogens is 468 g/mol. The summed E-state index contributed by atoms with van der Waals surface area (Å²) in [4.78, 5) is 4.70. The maximum absolute atomic E-state index is 13.9. The van der Waals surface area contributed by atoms with E-state index in [4.69, 9.17) is 4.99 Å². The molecule has 1 saturated carbocycles. The first-order valence-electron chi connectivity index (χ1n) is 9.88. The van der Waals surface area contributed by atoms with Crippen LogP contribution in [0.15, 0.2) is 41.5 Å². The topological polar surface area (TPSA) is 54.2 Å². The van der Waals surface area contributed by atoms with Gasteiger partial charge in [0.25, 0.3) is 0 Å². The molecule has 0 bridgehead atoms. The highest BCUT2D eigenvalue weighted by Gasteiger charge is 2.34. The number of hydrogen-bond acceptors (Lipinski definition) is 2. The number of hydrogen-bond donors (Lipinski definition) is 2. The third-order valence-electron chi connectivity index (χ3n) is 5.51. The zero-order valence-electron chi connectivity index (χ0n) is 16.7. The van der Waals surface area contributed by atoms with Gasteiger partial charge in [-0.1, -0.05) is 31.4 Å². The fourth-order valence-electron chi connectivity index (χ4n) is 3.93. The molecule has 0 aliphatic heterocycles. The van der Waals surface area contributed by atoms with Crippen molar-refractivity contribution in [2.24, 2.45) is 12.0 Å². The Labute approximate surface area is 184 Å². The lowest BCUT2D eigenvalue weighted by atomic mass is 9.69. The van der Waals surface area contributed by atoms with Crippen molar-refractivity contribution in [3.63, 3.8) is 0 Å². The molecule has 7 heteroatoms. The molecule has 1 fully saturated rings. The predicted molar refractivity (Wildman–Crippen MR) is 123 cm³/mol. The van der Waals surface area contributed by atoms with Crippen LogP contribution >= 0.6 is 24.0 Å². The highest BCUT2D eigenvalue weighted by molar-refractivity contribution is 14.0.